The van der Waals surface area contributed by atoms with Crippen LogP contribution in [0, 0.1) is 6.92 Å². The molecule has 0 aliphatic heterocycles. The lowest BCUT2D eigenvalue weighted by molar-refractivity contribution is 0.0976. The van der Waals surface area contributed by atoms with Gasteiger partial charge in [0.1, 0.15) is 0 Å². The Bertz CT molecular complexity index is 1210. The number of rotatable bonds is 6. The highest BCUT2D eigenvalue weighted by molar-refractivity contribution is 7.90. The Morgan fingerprint density at radius 3 is 2.34 bits per heavy atom. The second kappa shape index (κ2) is 8.13. The molecule has 0 amide bonds. The topological polar surface area (TPSA) is 86.1 Å². The summed E-state index contributed by atoms with van der Waals surface area (Å²) in [6.07, 6.45) is 4.12. The van der Waals surface area contributed by atoms with E-state index in [1.54, 1.807) is 31.3 Å². The molecule has 1 unspecified atom stereocenters. The van der Waals surface area contributed by atoms with Crippen molar-refractivity contribution >= 4 is 15.6 Å². The Morgan fingerprint density at radius 2 is 1.76 bits per heavy atom. The molecule has 1 atom stereocenters. The summed E-state index contributed by atoms with van der Waals surface area (Å²) in [5.74, 6) is -0.400. The lowest BCUT2D eigenvalue weighted by Gasteiger charge is -2.20. The van der Waals surface area contributed by atoms with Crippen LogP contribution in [0.15, 0.2) is 70.6 Å². The molecular formula is C22H22N2O4S. The summed E-state index contributed by atoms with van der Waals surface area (Å²) in [6.45, 7) is 1.98. The third-order valence-electron chi connectivity index (χ3n) is 4.93. The molecule has 0 N–H and O–H groups in total. The van der Waals surface area contributed by atoms with Crippen LogP contribution in [0.25, 0.3) is 0 Å². The van der Waals surface area contributed by atoms with E-state index in [9.17, 15) is 18.0 Å². The second-order valence-corrected chi connectivity index (χ2v) is 9.13. The van der Waals surface area contributed by atoms with Gasteiger partial charge in [0.25, 0.3) is 0 Å². The van der Waals surface area contributed by atoms with Gasteiger partial charge in [-0.05, 0) is 35.7 Å². The maximum Gasteiger partial charge on any atom is 0.347 e. The zero-order valence-corrected chi connectivity index (χ0v) is 17.3. The smallest absolute Gasteiger partial charge is 0.302 e. The SMILES string of the molecule is Cc1ccccc1C(CC(=O)c1cnc(=O)n(C)c1)c1ccc(S(C)(=O)=O)cc1. The number of carbonyl (C=O) groups excluding carboxylic acids is 1. The molecule has 29 heavy (non-hydrogen) atoms. The molecule has 3 rings (SSSR count). The molecule has 2 aromatic carbocycles. The number of hydrogen-bond donors (Lipinski definition) is 0. The minimum atomic E-state index is -3.30. The van der Waals surface area contributed by atoms with Gasteiger partial charge in [0.15, 0.2) is 15.6 Å². The summed E-state index contributed by atoms with van der Waals surface area (Å²) in [6, 6.07) is 14.4. The standard InChI is InChI=1S/C22H22N2O4S/c1-15-6-4-5-7-19(15)20(16-8-10-18(11-9-16)29(3,27)28)12-21(25)17-13-23-22(26)24(2)14-17/h4-11,13-14,20H,12H2,1-3H3. The van der Waals surface area contributed by atoms with Crippen LogP contribution in [0.1, 0.15) is 39.4 Å². The van der Waals surface area contributed by atoms with Crippen molar-refractivity contribution in [3.63, 3.8) is 0 Å². The van der Waals surface area contributed by atoms with E-state index in [0.29, 0.717) is 5.56 Å². The number of nitrogens with zero attached hydrogens (tertiary/aromatic N) is 2. The van der Waals surface area contributed by atoms with Crippen LogP contribution in [0.5, 0.6) is 0 Å². The lowest BCUT2D eigenvalue weighted by atomic mass is 9.84. The molecule has 6 nitrogen and oxygen atoms in total. The zero-order valence-electron chi connectivity index (χ0n) is 16.5. The van der Waals surface area contributed by atoms with Gasteiger partial charge in [-0.15, -0.1) is 0 Å². The van der Waals surface area contributed by atoms with Crippen molar-refractivity contribution in [1.29, 1.82) is 0 Å². The first-order valence-electron chi connectivity index (χ1n) is 9.08. The number of benzene rings is 2. The van der Waals surface area contributed by atoms with E-state index in [-0.39, 0.29) is 23.0 Å². The van der Waals surface area contributed by atoms with Gasteiger partial charge in [-0.1, -0.05) is 36.4 Å². The van der Waals surface area contributed by atoms with Gasteiger partial charge in [-0.25, -0.2) is 18.2 Å². The van der Waals surface area contributed by atoms with Crippen LogP contribution in [-0.4, -0.2) is 30.0 Å². The number of carbonyl (C=O) groups is 1. The molecule has 1 aromatic heterocycles. The molecule has 0 bridgehead atoms. The Hall–Kier alpha value is -3.06. The van der Waals surface area contributed by atoms with Gasteiger partial charge >= 0.3 is 5.69 Å². The van der Waals surface area contributed by atoms with Crippen molar-refractivity contribution in [3.8, 4) is 0 Å². The molecule has 0 saturated heterocycles. The summed E-state index contributed by atoms with van der Waals surface area (Å²) in [5.41, 5.74) is 2.81. The molecule has 0 spiro atoms. The molecule has 7 heteroatoms. The fourth-order valence-corrected chi connectivity index (χ4v) is 3.92. The largest absolute Gasteiger partial charge is 0.347 e. The zero-order chi connectivity index (χ0) is 21.2. The van der Waals surface area contributed by atoms with Crippen molar-refractivity contribution in [2.24, 2.45) is 7.05 Å². The number of hydrogen-bond acceptors (Lipinski definition) is 5. The fraction of sp³-hybridized carbons (Fsp3) is 0.227. The quantitative estimate of drug-likeness (QED) is 0.583. The van der Waals surface area contributed by atoms with E-state index in [0.717, 1.165) is 22.9 Å². The van der Waals surface area contributed by atoms with Gasteiger partial charge < -0.3 is 4.57 Å². The highest BCUT2D eigenvalue weighted by Gasteiger charge is 2.22. The van der Waals surface area contributed by atoms with Gasteiger partial charge in [0, 0.05) is 38.0 Å². The van der Waals surface area contributed by atoms with Crippen LogP contribution >= 0.6 is 0 Å². The van der Waals surface area contributed by atoms with Crippen LogP contribution in [0.2, 0.25) is 0 Å². The Kier molecular flexibility index (Phi) is 5.79. The van der Waals surface area contributed by atoms with Crippen LogP contribution in [0.4, 0.5) is 0 Å². The molecule has 0 aliphatic rings. The number of aryl methyl sites for hydroxylation is 2. The maximum atomic E-state index is 13.0. The minimum absolute atomic E-state index is 0.145. The Labute approximate surface area is 169 Å². The van der Waals surface area contributed by atoms with Gasteiger partial charge in [-0.2, -0.15) is 0 Å². The average Bonchev–Trinajstić information content (AvgIpc) is 2.68. The average molecular weight is 410 g/mol. The third-order valence-corrected chi connectivity index (χ3v) is 6.06. The fourth-order valence-electron chi connectivity index (χ4n) is 3.29. The molecular weight excluding hydrogens is 388 g/mol. The van der Waals surface area contributed by atoms with E-state index in [2.05, 4.69) is 4.98 Å². The molecule has 3 aromatic rings. The number of ketones is 1. The van der Waals surface area contributed by atoms with Crippen molar-refractivity contribution in [2.75, 3.05) is 6.26 Å². The number of Topliss-reactive ketones (excluding diaryl/α,β-unsaturated/α-hetero) is 1. The molecule has 1 heterocycles. The molecule has 0 radical (unpaired) electrons. The van der Waals surface area contributed by atoms with E-state index in [1.807, 2.05) is 31.2 Å². The first kappa shape index (κ1) is 20.7. The van der Waals surface area contributed by atoms with E-state index < -0.39 is 15.5 Å². The molecule has 0 saturated carbocycles. The summed E-state index contributed by atoms with van der Waals surface area (Å²) in [4.78, 5) is 28.4. The lowest BCUT2D eigenvalue weighted by Crippen LogP contribution is -2.21. The molecule has 150 valence electrons. The van der Waals surface area contributed by atoms with Gasteiger partial charge in [0.05, 0.1) is 10.5 Å². The third kappa shape index (κ3) is 4.68. The van der Waals surface area contributed by atoms with E-state index in [1.165, 1.54) is 17.0 Å². The predicted octanol–water partition coefficient (Wildman–Crippen LogP) is 2.90. The van der Waals surface area contributed by atoms with Gasteiger partial charge in [-0.3, -0.25) is 4.79 Å². The number of sulfone groups is 1. The highest BCUT2D eigenvalue weighted by Crippen LogP contribution is 2.32. The molecule has 0 fully saturated rings. The molecule has 0 aliphatic carbocycles. The van der Waals surface area contributed by atoms with Gasteiger partial charge in [0.2, 0.25) is 0 Å². The highest BCUT2D eigenvalue weighted by atomic mass is 32.2. The second-order valence-electron chi connectivity index (χ2n) is 7.11. The van der Waals surface area contributed by atoms with Crippen LogP contribution in [-0.2, 0) is 16.9 Å². The minimum Gasteiger partial charge on any atom is -0.302 e. The van der Waals surface area contributed by atoms with Crippen molar-refractivity contribution in [1.82, 2.24) is 9.55 Å². The van der Waals surface area contributed by atoms with Crippen LogP contribution < -0.4 is 5.69 Å². The van der Waals surface area contributed by atoms with E-state index in [4.69, 9.17) is 0 Å². The van der Waals surface area contributed by atoms with Crippen LogP contribution in [0.3, 0.4) is 0 Å². The van der Waals surface area contributed by atoms with Crippen molar-refractivity contribution in [3.05, 3.63) is 93.7 Å². The summed E-state index contributed by atoms with van der Waals surface area (Å²) < 4.78 is 24.8. The number of aromatic nitrogens is 2. The summed E-state index contributed by atoms with van der Waals surface area (Å²) in [7, 11) is -1.75. The van der Waals surface area contributed by atoms with Crippen molar-refractivity contribution in [2.45, 2.75) is 24.2 Å². The summed E-state index contributed by atoms with van der Waals surface area (Å²) in [5, 5.41) is 0. The first-order valence-corrected chi connectivity index (χ1v) is 11.0. The van der Waals surface area contributed by atoms with Crippen molar-refractivity contribution < 1.29 is 13.2 Å². The normalized spacial score (nSPS) is 12.5. The maximum absolute atomic E-state index is 13.0. The van der Waals surface area contributed by atoms with E-state index >= 15 is 0 Å². The Balaban J connectivity index is 2.02. The predicted molar refractivity (Wildman–Crippen MR) is 111 cm³/mol. The monoisotopic (exact) mass is 410 g/mol. The summed E-state index contributed by atoms with van der Waals surface area (Å²) >= 11 is 0. The Morgan fingerprint density at radius 1 is 1.10 bits per heavy atom. The first-order chi connectivity index (χ1) is 13.7.